The average Bonchev–Trinajstić information content (AvgIpc) is 2.38. The van der Waals surface area contributed by atoms with Crippen LogP contribution in [0, 0.1) is 5.82 Å². The SMILES string of the molecule is CNC(=O)C(C)(COC)c1ccc(F)c(OC)c1. The molecule has 0 fully saturated rings. The van der Waals surface area contributed by atoms with E-state index in [0.29, 0.717) is 5.56 Å². The topological polar surface area (TPSA) is 47.6 Å². The number of nitrogens with one attached hydrogen (secondary N) is 1. The molecule has 1 aromatic carbocycles. The minimum atomic E-state index is -0.884. The summed E-state index contributed by atoms with van der Waals surface area (Å²) >= 11 is 0. The van der Waals surface area contributed by atoms with Crippen molar-refractivity contribution in [3.63, 3.8) is 0 Å². The van der Waals surface area contributed by atoms with Crippen LogP contribution in [0.5, 0.6) is 5.75 Å². The van der Waals surface area contributed by atoms with Gasteiger partial charge in [0.25, 0.3) is 0 Å². The molecule has 0 spiro atoms. The molecule has 1 atom stereocenters. The molecule has 100 valence electrons. The van der Waals surface area contributed by atoms with Crippen LogP contribution in [-0.2, 0) is 14.9 Å². The largest absolute Gasteiger partial charge is 0.494 e. The van der Waals surface area contributed by atoms with Crippen LogP contribution in [0.15, 0.2) is 18.2 Å². The Labute approximate surface area is 106 Å². The Kier molecular flexibility index (Phi) is 4.67. The number of hydrogen-bond acceptors (Lipinski definition) is 3. The van der Waals surface area contributed by atoms with Gasteiger partial charge < -0.3 is 14.8 Å². The van der Waals surface area contributed by atoms with Gasteiger partial charge in [0.1, 0.15) is 0 Å². The van der Waals surface area contributed by atoms with Gasteiger partial charge in [-0.3, -0.25) is 4.79 Å². The van der Waals surface area contributed by atoms with Crippen molar-refractivity contribution in [3.8, 4) is 5.75 Å². The van der Waals surface area contributed by atoms with Crippen molar-refractivity contribution < 1.29 is 18.7 Å². The Hall–Kier alpha value is -1.62. The molecular weight excluding hydrogens is 237 g/mol. The van der Waals surface area contributed by atoms with E-state index in [4.69, 9.17) is 9.47 Å². The first-order valence-electron chi connectivity index (χ1n) is 5.54. The molecular formula is C13H18FNO3. The second-order valence-electron chi connectivity index (χ2n) is 4.19. The summed E-state index contributed by atoms with van der Waals surface area (Å²) in [5.41, 5.74) is -0.244. The van der Waals surface area contributed by atoms with E-state index in [1.807, 2.05) is 0 Å². The fourth-order valence-corrected chi connectivity index (χ4v) is 1.85. The number of carbonyl (C=O) groups is 1. The van der Waals surface area contributed by atoms with Crippen molar-refractivity contribution in [2.24, 2.45) is 0 Å². The zero-order chi connectivity index (χ0) is 13.8. The van der Waals surface area contributed by atoms with E-state index in [2.05, 4.69) is 5.32 Å². The molecule has 1 N–H and O–H groups in total. The molecule has 0 heterocycles. The molecule has 0 saturated carbocycles. The van der Waals surface area contributed by atoms with E-state index in [-0.39, 0.29) is 18.3 Å². The van der Waals surface area contributed by atoms with Crippen LogP contribution >= 0.6 is 0 Å². The van der Waals surface area contributed by atoms with Crippen LogP contribution < -0.4 is 10.1 Å². The second kappa shape index (κ2) is 5.82. The van der Waals surface area contributed by atoms with Gasteiger partial charge in [0.2, 0.25) is 5.91 Å². The van der Waals surface area contributed by atoms with Gasteiger partial charge in [0, 0.05) is 14.2 Å². The normalized spacial score (nSPS) is 13.8. The van der Waals surface area contributed by atoms with Crippen molar-refractivity contribution >= 4 is 5.91 Å². The number of amides is 1. The molecule has 0 aliphatic carbocycles. The first-order chi connectivity index (χ1) is 8.49. The predicted octanol–water partition coefficient (Wildman–Crippen LogP) is 1.48. The van der Waals surface area contributed by atoms with Crippen molar-refractivity contribution in [1.82, 2.24) is 5.32 Å². The Bertz CT molecular complexity index is 436. The molecule has 0 aliphatic rings. The van der Waals surface area contributed by atoms with E-state index in [0.717, 1.165) is 0 Å². The summed E-state index contributed by atoms with van der Waals surface area (Å²) in [6.07, 6.45) is 0. The summed E-state index contributed by atoms with van der Waals surface area (Å²) in [6, 6.07) is 4.36. The minimum Gasteiger partial charge on any atom is -0.494 e. The highest BCUT2D eigenvalue weighted by molar-refractivity contribution is 5.87. The molecule has 4 nitrogen and oxygen atoms in total. The second-order valence-corrected chi connectivity index (χ2v) is 4.19. The number of halogens is 1. The number of hydrogen-bond donors (Lipinski definition) is 1. The summed E-state index contributed by atoms with van der Waals surface area (Å²) < 4.78 is 23.4. The molecule has 1 rings (SSSR count). The molecule has 1 unspecified atom stereocenters. The van der Waals surface area contributed by atoms with Crippen LogP contribution in [0.25, 0.3) is 0 Å². The molecule has 0 aliphatic heterocycles. The van der Waals surface area contributed by atoms with Crippen LogP contribution in [-0.4, -0.2) is 33.8 Å². The summed E-state index contributed by atoms with van der Waals surface area (Å²) in [7, 11) is 4.45. The zero-order valence-electron chi connectivity index (χ0n) is 11.0. The Morgan fingerprint density at radius 2 is 2.11 bits per heavy atom. The summed E-state index contributed by atoms with van der Waals surface area (Å²) in [6.45, 7) is 1.93. The first kappa shape index (κ1) is 14.4. The zero-order valence-corrected chi connectivity index (χ0v) is 11.0. The van der Waals surface area contributed by atoms with E-state index in [1.54, 1.807) is 20.0 Å². The van der Waals surface area contributed by atoms with Crippen molar-refractivity contribution in [2.75, 3.05) is 27.9 Å². The van der Waals surface area contributed by atoms with Crippen molar-refractivity contribution in [2.45, 2.75) is 12.3 Å². The van der Waals surface area contributed by atoms with Crippen LogP contribution in [0.1, 0.15) is 12.5 Å². The summed E-state index contributed by atoms with van der Waals surface area (Å²) in [4.78, 5) is 12.0. The predicted molar refractivity (Wildman–Crippen MR) is 66.2 cm³/mol. The summed E-state index contributed by atoms with van der Waals surface area (Å²) in [5, 5.41) is 2.59. The van der Waals surface area contributed by atoms with E-state index < -0.39 is 11.2 Å². The molecule has 18 heavy (non-hydrogen) atoms. The molecule has 0 aromatic heterocycles. The lowest BCUT2D eigenvalue weighted by Gasteiger charge is -2.27. The highest BCUT2D eigenvalue weighted by atomic mass is 19.1. The number of rotatable bonds is 5. The minimum absolute atomic E-state index is 0.110. The standard InChI is InChI=1S/C13H18FNO3/c1-13(8-17-3,12(16)15-2)9-5-6-10(14)11(7-9)18-4/h5-7H,8H2,1-4H3,(H,15,16). The lowest BCUT2D eigenvalue weighted by molar-refractivity contribution is -0.127. The van der Waals surface area contributed by atoms with E-state index >= 15 is 0 Å². The molecule has 0 radical (unpaired) electrons. The number of benzene rings is 1. The number of methoxy groups -OCH3 is 2. The smallest absolute Gasteiger partial charge is 0.232 e. The Morgan fingerprint density at radius 3 is 2.61 bits per heavy atom. The van der Waals surface area contributed by atoms with Crippen LogP contribution in [0.3, 0.4) is 0 Å². The fourth-order valence-electron chi connectivity index (χ4n) is 1.85. The van der Waals surface area contributed by atoms with Crippen LogP contribution in [0.2, 0.25) is 0 Å². The van der Waals surface area contributed by atoms with Gasteiger partial charge >= 0.3 is 0 Å². The van der Waals surface area contributed by atoms with Gasteiger partial charge in [-0.25, -0.2) is 4.39 Å². The molecule has 1 aromatic rings. The monoisotopic (exact) mass is 255 g/mol. The maximum atomic E-state index is 13.4. The van der Waals surface area contributed by atoms with Gasteiger partial charge in [-0.05, 0) is 24.6 Å². The molecule has 5 heteroatoms. The van der Waals surface area contributed by atoms with Crippen molar-refractivity contribution in [1.29, 1.82) is 0 Å². The van der Waals surface area contributed by atoms with Gasteiger partial charge in [0.05, 0.1) is 19.1 Å². The molecule has 0 saturated heterocycles. The van der Waals surface area contributed by atoms with Gasteiger partial charge in [-0.2, -0.15) is 0 Å². The number of carbonyl (C=O) groups excluding carboxylic acids is 1. The third-order valence-corrected chi connectivity index (χ3v) is 2.95. The summed E-state index contributed by atoms with van der Waals surface area (Å²) in [5.74, 6) is -0.547. The number of ether oxygens (including phenoxy) is 2. The van der Waals surface area contributed by atoms with E-state index in [1.165, 1.54) is 26.4 Å². The van der Waals surface area contributed by atoms with E-state index in [9.17, 15) is 9.18 Å². The fraction of sp³-hybridized carbons (Fsp3) is 0.462. The highest BCUT2D eigenvalue weighted by Crippen LogP contribution is 2.29. The number of likely N-dealkylation sites (N-methyl/N-ethyl adjacent to an activating group) is 1. The van der Waals surface area contributed by atoms with Gasteiger partial charge in [-0.1, -0.05) is 6.07 Å². The van der Waals surface area contributed by atoms with Gasteiger partial charge in [-0.15, -0.1) is 0 Å². The third-order valence-electron chi connectivity index (χ3n) is 2.95. The highest BCUT2D eigenvalue weighted by Gasteiger charge is 2.35. The quantitative estimate of drug-likeness (QED) is 0.867. The Balaban J connectivity index is 3.25. The molecule has 0 bridgehead atoms. The third kappa shape index (κ3) is 2.61. The average molecular weight is 255 g/mol. The van der Waals surface area contributed by atoms with Gasteiger partial charge in [0.15, 0.2) is 11.6 Å². The van der Waals surface area contributed by atoms with Crippen molar-refractivity contribution in [3.05, 3.63) is 29.6 Å². The Morgan fingerprint density at radius 1 is 1.44 bits per heavy atom. The lowest BCUT2D eigenvalue weighted by atomic mass is 9.82. The first-order valence-corrected chi connectivity index (χ1v) is 5.54. The maximum absolute atomic E-state index is 13.4. The lowest BCUT2D eigenvalue weighted by Crippen LogP contribution is -2.44. The molecule has 1 amide bonds. The maximum Gasteiger partial charge on any atom is 0.232 e. The van der Waals surface area contributed by atoms with Crippen LogP contribution in [0.4, 0.5) is 4.39 Å².